The average molecular weight is 336 g/mol. The first-order valence-electron chi connectivity index (χ1n) is 9.72. The maximum Gasteiger partial charge on any atom is 0.410 e. The summed E-state index contributed by atoms with van der Waals surface area (Å²) in [5.41, 5.74) is 0.0397. The third-order valence-electron chi connectivity index (χ3n) is 6.60. The van der Waals surface area contributed by atoms with Gasteiger partial charge in [-0.05, 0) is 52.4 Å². The van der Waals surface area contributed by atoms with Crippen molar-refractivity contribution in [2.24, 2.45) is 17.3 Å². The molecule has 0 radical (unpaired) electrons. The topological polar surface area (TPSA) is 50.8 Å². The Morgan fingerprint density at radius 3 is 2.79 bits per heavy atom. The zero-order valence-electron chi connectivity index (χ0n) is 15.3. The van der Waals surface area contributed by atoms with Crippen molar-refractivity contribution in [3.05, 3.63) is 0 Å². The van der Waals surface area contributed by atoms with E-state index >= 15 is 0 Å². The smallest absolute Gasteiger partial charge is 0.410 e. The molecule has 136 valence electrons. The normalized spacial score (nSPS) is 37.0. The Bertz CT molecular complexity index is 497. The van der Waals surface area contributed by atoms with Crippen LogP contribution in [0.5, 0.6) is 0 Å². The summed E-state index contributed by atoms with van der Waals surface area (Å²) in [6.07, 6.45) is 6.70. The van der Waals surface area contributed by atoms with E-state index in [0.717, 1.165) is 38.6 Å². The van der Waals surface area contributed by atoms with Crippen molar-refractivity contribution in [2.75, 3.05) is 26.2 Å². The van der Waals surface area contributed by atoms with E-state index in [0.29, 0.717) is 23.5 Å². The second-order valence-electron chi connectivity index (χ2n) is 9.30. The van der Waals surface area contributed by atoms with Crippen molar-refractivity contribution >= 4 is 6.09 Å². The predicted molar refractivity (Wildman–Crippen MR) is 91.8 cm³/mol. The lowest BCUT2D eigenvalue weighted by molar-refractivity contribution is -0.176. The van der Waals surface area contributed by atoms with Gasteiger partial charge in [-0.15, -0.1) is 0 Å². The number of nitrogens with one attached hydrogen (secondary N) is 1. The molecule has 5 nitrogen and oxygen atoms in total. The van der Waals surface area contributed by atoms with Crippen LogP contribution in [0, 0.1) is 17.3 Å². The molecule has 4 aliphatic rings. The molecular weight excluding hydrogens is 304 g/mol. The summed E-state index contributed by atoms with van der Waals surface area (Å²) >= 11 is 0. The Morgan fingerprint density at radius 2 is 2.12 bits per heavy atom. The zero-order chi connectivity index (χ0) is 16.9. The van der Waals surface area contributed by atoms with Gasteiger partial charge in [-0.25, -0.2) is 4.79 Å². The minimum Gasteiger partial charge on any atom is -0.444 e. The Balaban J connectivity index is 1.26. The van der Waals surface area contributed by atoms with E-state index in [1.807, 2.05) is 25.7 Å². The number of nitrogens with zero attached hydrogens (tertiary/aromatic N) is 1. The molecule has 1 N–H and O–H groups in total. The number of carbonyl (C=O) groups excluding carboxylic acids is 1. The number of rotatable bonds is 3. The molecule has 2 saturated heterocycles. The zero-order valence-corrected chi connectivity index (χ0v) is 15.3. The minimum atomic E-state index is -0.409. The third kappa shape index (κ3) is 2.74. The van der Waals surface area contributed by atoms with Crippen molar-refractivity contribution in [3.63, 3.8) is 0 Å². The van der Waals surface area contributed by atoms with Crippen LogP contribution in [-0.4, -0.2) is 55.0 Å². The highest BCUT2D eigenvalue weighted by Gasteiger charge is 2.66. The SMILES string of the molecule is CC(C)(C)OC(=O)N1CC[C@@H](CN[C@@H]2[C@@H]3CCO[C@@H]3C23CCC3)C1. The fourth-order valence-corrected chi connectivity index (χ4v) is 5.34. The molecular formula is C19H32N2O3. The molecule has 5 heteroatoms. The van der Waals surface area contributed by atoms with Crippen LogP contribution in [0.15, 0.2) is 0 Å². The van der Waals surface area contributed by atoms with Crippen LogP contribution in [0.2, 0.25) is 0 Å². The monoisotopic (exact) mass is 336 g/mol. The Hall–Kier alpha value is -0.810. The quantitative estimate of drug-likeness (QED) is 0.861. The van der Waals surface area contributed by atoms with Crippen LogP contribution < -0.4 is 5.32 Å². The molecule has 0 unspecified atom stereocenters. The molecule has 2 aliphatic heterocycles. The predicted octanol–water partition coefficient (Wildman–Crippen LogP) is 2.79. The number of fused-ring (bicyclic) bond motifs is 2. The highest BCUT2D eigenvalue weighted by atomic mass is 16.6. The molecule has 1 amide bonds. The van der Waals surface area contributed by atoms with Crippen LogP contribution in [0.25, 0.3) is 0 Å². The highest BCUT2D eigenvalue weighted by Crippen LogP contribution is 2.62. The van der Waals surface area contributed by atoms with Gasteiger partial charge in [0.15, 0.2) is 0 Å². The van der Waals surface area contributed by atoms with Gasteiger partial charge in [-0.2, -0.15) is 0 Å². The molecule has 24 heavy (non-hydrogen) atoms. The summed E-state index contributed by atoms with van der Waals surface area (Å²) in [5.74, 6) is 1.28. The summed E-state index contributed by atoms with van der Waals surface area (Å²) in [6.45, 7) is 9.40. The van der Waals surface area contributed by atoms with Gasteiger partial charge in [-0.3, -0.25) is 0 Å². The summed E-state index contributed by atoms with van der Waals surface area (Å²) in [4.78, 5) is 14.1. The van der Waals surface area contributed by atoms with Crippen molar-refractivity contribution < 1.29 is 14.3 Å². The first kappa shape index (κ1) is 16.6. The summed E-state index contributed by atoms with van der Waals surface area (Å²) in [5, 5.41) is 3.87. The first-order chi connectivity index (χ1) is 11.4. The Morgan fingerprint density at radius 1 is 1.33 bits per heavy atom. The molecule has 0 aromatic carbocycles. The van der Waals surface area contributed by atoms with Crippen LogP contribution in [0.3, 0.4) is 0 Å². The van der Waals surface area contributed by atoms with Gasteiger partial charge in [0.25, 0.3) is 0 Å². The number of amides is 1. The third-order valence-corrected chi connectivity index (χ3v) is 6.60. The van der Waals surface area contributed by atoms with E-state index in [2.05, 4.69) is 5.32 Å². The molecule has 2 heterocycles. The van der Waals surface area contributed by atoms with Gasteiger partial charge in [0.2, 0.25) is 0 Å². The highest BCUT2D eigenvalue weighted by molar-refractivity contribution is 5.68. The number of hydrogen-bond acceptors (Lipinski definition) is 4. The van der Waals surface area contributed by atoms with E-state index in [9.17, 15) is 4.79 Å². The second-order valence-corrected chi connectivity index (χ2v) is 9.30. The molecule has 4 fully saturated rings. The lowest BCUT2D eigenvalue weighted by atomic mass is 9.46. The fraction of sp³-hybridized carbons (Fsp3) is 0.947. The van der Waals surface area contributed by atoms with Crippen LogP contribution in [0.1, 0.15) is 52.9 Å². The van der Waals surface area contributed by atoms with E-state index in [-0.39, 0.29) is 6.09 Å². The van der Waals surface area contributed by atoms with Crippen molar-refractivity contribution in [1.82, 2.24) is 10.2 Å². The van der Waals surface area contributed by atoms with Gasteiger partial charge in [0.05, 0.1) is 6.10 Å². The number of hydrogen-bond donors (Lipinski definition) is 1. The standard InChI is InChI=1S/C19H32N2O3/c1-18(2,3)24-17(22)21-9-5-13(12-21)11-20-15-14-6-10-23-16(14)19(15)7-4-8-19/h13-16,20H,4-12H2,1-3H3/t13-,14-,15+,16-/m0/s1. The van der Waals surface area contributed by atoms with Gasteiger partial charge in [0, 0.05) is 43.6 Å². The van der Waals surface area contributed by atoms with Crippen molar-refractivity contribution in [1.29, 1.82) is 0 Å². The average Bonchev–Trinajstić information content (AvgIpc) is 3.04. The van der Waals surface area contributed by atoms with Crippen LogP contribution in [0.4, 0.5) is 4.79 Å². The van der Waals surface area contributed by atoms with E-state index in [1.165, 1.54) is 25.7 Å². The number of likely N-dealkylation sites (tertiary alicyclic amines) is 1. The summed E-state index contributed by atoms with van der Waals surface area (Å²) < 4.78 is 11.5. The largest absolute Gasteiger partial charge is 0.444 e. The molecule has 0 bridgehead atoms. The maximum absolute atomic E-state index is 12.2. The van der Waals surface area contributed by atoms with E-state index < -0.39 is 5.60 Å². The van der Waals surface area contributed by atoms with Gasteiger partial charge < -0.3 is 19.7 Å². The maximum atomic E-state index is 12.2. The molecule has 0 aromatic rings. The fourth-order valence-electron chi connectivity index (χ4n) is 5.34. The lowest BCUT2D eigenvalue weighted by Gasteiger charge is -2.63. The molecule has 0 aromatic heterocycles. The molecule has 1 spiro atoms. The van der Waals surface area contributed by atoms with Gasteiger partial charge in [-0.1, -0.05) is 6.42 Å². The minimum absolute atomic E-state index is 0.159. The molecule has 2 aliphatic carbocycles. The molecule has 4 atom stereocenters. The van der Waals surface area contributed by atoms with E-state index in [4.69, 9.17) is 9.47 Å². The molecule has 4 rings (SSSR count). The van der Waals surface area contributed by atoms with Gasteiger partial charge >= 0.3 is 6.09 Å². The summed E-state index contributed by atoms with van der Waals surface area (Å²) in [7, 11) is 0. The van der Waals surface area contributed by atoms with Gasteiger partial charge in [0.1, 0.15) is 5.60 Å². The van der Waals surface area contributed by atoms with E-state index in [1.54, 1.807) is 0 Å². The molecule has 2 saturated carbocycles. The van der Waals surface area contributed by atoms with Crippen molar-refractivity contribution in [2.45, 2.75) is 70.6 Å². The Labute approximate surface area is 145 Å². The number of ether oxygens (including phenoxy) is 2. The number of carbonyl (C=O) groups is 1. The second kappa shape index (κ2) is 5.87. The van der Waals surface area contributed by atoms with Crippen LogP contribution >= 0.6 is 0 Å². The first-order valence-corrected chi connectivity index (χ1v) is 9.72. The van der Waals surface area contributed by atoms with Crippen LogP contribution in [-0.2, 0) is 9.47 Å². The Kier molecular flexibility index (Phi) is 4.07. The van der Waals surface area contributed by atoms with Crippen molar-refractivity contribution in [3.8, 4) is 0 Å². The summed E-state index contributed by atoms with van der Waals surface area (Å²) in [6, 6.07) is 0.648. The lowest BCUT2D eigenvalue weighted by Crippen LogP contribution is -2.71.